The third-order valence-electron chi connectivity index (χ3n) is 3.02. The SMILES string of the molecule is O=S(=O)(Cc1ccc(F)cc1)NCC(O)c1ccc(Cl)cc1. The van der Waals surface area contributed by atoms with E-state index in [4.69, 9.17) is 11.6 Å². The van der Waals surface area contributed by atoms with Crippen LogP contribution in [0, 0.1) is 5.82 Å². The van der Waals surface area contributed by atoms with Crippen molar-refractivity contribution in [2.24, 2.45) is 0 Å². The van der Waals surface area contributed by atoms with Crippen molar-refractivity contribution in [2.75, 3.05) is 6.54 Å². The van der Waals surface area contributed by atoms with Gasteiger partial charge in [0, 0.05) is 11.6 Å². The largest absolute Gasteiger partial charge is 0.387 e. The maximum Gasteiger partial charge on any atom is 0.215 e. The Morgan fingerprint density at radius 2 is 1.68 bits per heavy atom. The quantitative estimate of drug-likeness (QED) is 0.847. The number of benzene rings is 2. The smallest absolute Gasteiger partial charge is 0.215 e. The molecule has 0 aliphatic rings. The number of nitrogens with one attached hydrogen (secondary N) is 1. The fourth-order valence-corrected chi connectivity index (χ4v) is 3.13. The summed E-state index contributed by atoms with van der Waals surface area (Å²) >= 11 is 5.75. The predicted octanol–water partition coefficient (Wildman–Crippen LogP) is 2.63. The summed E-state index contributed by atoms with van der Waals surface area (Å²) in [6, 6.07) is 11.7. The van der Waals surface area contributed by atoms with E-state index in [0.29, 0.717) is 16.1 Å². The summed E-state index contributed by atoms with van der Waals surface area (Å²) in [5.41, 5.74) is 1.03. The monoisotopic (exact) mass is 343 g/mol. The van der Waals surface area contributed by atoms with Crippen molar-refractivity contribution in [1.29, 1.82) is 0 Å². The molecule has 0 saturated carbocycles. The predicted molar refractivity (Wildman–Crippen MR) is 83.4 cm³/mol. The highest BCUT2D eigenvalue weighted by Crippen LogP contribution is 2.16. The minimum atomic E-state index is -3.62. The van der Waals surface area contributed by atoms with Crippen LogP contribution in [0.25, 0.3) is 0 Å². The van der Waals surface area contributed by atoms with Gasteiger partial charge in [0.1, 0.15) is 5.82 Å². The van der Waals surface area contributed by atoms with E-state index in [-0.39, 0.29) is 12.3 Å². The van der Waals surface area contributed by atoms with Crippen molar-refractivity contribution in [3.63, 3.8) is 0 Å². The van der Waals surface area contributed by atoms with Crippen LogP contribution in [0.5, 0.6) is 0 Å². The zero-order chi connectivity index (χ0) is 16.2. The van der Waals surface area contributed by atoms with Crippen LogP contribution in [0.2, 0.25) is 5.02 Å². The summed E-state index contributed by atoms with van der Waals surface area (Å²) in [4.78, 5) is 0. The Balaban J connectivity index is 1.94. The van der Waals surface area contributed by atoms with Crippen molar-refractivity contribution in [3.8, 4) is 0 Å². The van der Waals surface area contributed by atoms with E-state index in [9.17, 15) is 17.9 Å². The number of rotatable bonds is 6. The second-order valence-electron chi connectivity index (χ2n) is 4.80. The van der Waals surface area contributed by atoms with Gasteiger partial charge in [-0.15, -0.1) is 0 Å². The molecule has 0 saturated heterocycles. The van der Waals surface area contributed by atoms with Crippen LogP contribution < -0.4 is 4.72 Å². The normalized spacial score (nSPS) is 13.0. The number of hydrogen-bond acceptors (Lipinski definition) is 3. The van der Waals surface area contributed by atoms with Gasteiger partial charge in [-0.25, -0.2) is 17.5 Å². The van der Waals surface area contributed by atoms with Crippen LogP contribution in [0.15, 0.2) is 48.5 Å². The molecule has 2 aromatic carbocycles. The molecule has 7 heteroatoms. The second kappa shape index (κ2) is 7.19. The fraction of sp³-hybridized carbons (Fsp3) is 0.200. The van der Waals surface area contributed by atoms with Gasteiger partial charge in [0.15, 0.2) is 0 Å². The molecule has 0 aliphatic carbocycles. The zero-order valence-electron chi connectivity index (χ0n) is 11.5. The average molecular weight is 344 g/mol. The van der Waals surface area contributed by atoms with Gasteiger partial charge in [0.05, 0.1) is 11.9 Å². The summed E-state index contributed by atoms with van der Waals surface area (Å²) in [5, 5.41) is 10.5. The Morgan fingerprint density at radius 3 is 2.27 bits per heavy atom. The topological polar surface area (TPSA) is 66.4 Å². The molecule has 1 atom stereocenters. The van der Waals surface area contributed by atoms with Gasteiger partial charge in [-0.2, -0.15) is 0 Å². The van der Waals surface area contributed by atoms with Gasteiger partial charge in [-0.3, -0.25) is 0 Å². The molecule has 1 unspecified atom stereocenters. The number of halogens is 2. The minimum Gasteiger partial charge on any atom is -0.387 e. The first-order chi connectivity index (χ1) is 10.4. The van der Waals surface area contributed by atoms with Gasteiger partial charge in [0.25, 0.3) is 0 Å². The van der Waals surface area contributed by atoms with Crippen molar-refractivity contribution < 1.29 is 17.9 Å². The maximum atomic E-state index is 12.8. The molecule has 118 valence electrons. The first-order valence-electron chi connectivity index (χ1n) is 6.51. The molecule has 0 radical (unpaired) electrons. The number of aliphatic hydroxyl groups is 1. The van der Waals surface area contributed by atoms with E-state index in [1.54, 1.807) is 24.3 Å². The van der Waals surface area contributed by atoms with Gasteiger partial charge in [-0.1, -0.05) is 35.9 Å². The Bertz CT molecular complexity index is 717. The van der Waals surface area contributed by atoms with Gasteiger partial charge in [-0.05, 0) is 35.4 Å². The third kappa shape index (κ3) is 5.06. The molecule has 0 spiro atoms. The summed E-state index contributed by atoms with van der Waals surface area (Å²) < 4.78 is 39.0. The summed E-state index contributed by atoms with van der Waals surface area (Å²) in [6.07, 6.45) is -0.972. The zero-order valence-corrected chi connectivity index (χ0v) is 13.1. The van der Waals surface area contributed by atoms with E-state index >= 15 is 0 Å². The van der Waals surface area contributed by atoms with Gasteiger partial charge in [0.2, 0.25) is 10.0 Å². The number of hydrogen-bond donors (Lipinski definition) is 2. The highest BCUT2D eigenvalue weighted by molar-refractivity contribution is 7.88. The lowest BCUT2D eigenvalue weighted by Crippen LogP contribution is -2.29. The van der Waals surface area contributed by atoms with Gasteiger partial charge < -0.3 is 5.11 Å². The second-order valence-corrected chi connectivity index (χ2v) is 7.04. The van der Waals surface area contributed by atoms with Crippen LogP contribution in [-0.4, -0.2) is 20.1 Å². The van der Waals surface area contributed by atoms with Crippen LogP contribution in [0.3, 0.4) is 0 Å². The van der Waals surface area contributed by atoms with Crippen molar-refractivity contribution in [1.82, 2.24) is 4.72 Å². The summed E-state index contributed by atoms with van der Waals surface area (Å²) in [6.45, 7) is -0.148. The van der Waals surface area contributed by atoms with Gasteiger partial charge >= 0.3 is 0 Å². The molecule has 22 heavy (non-hydrogen) atoms. The van der Waals surface area contributed by atoms with E-state index in [2.05, 4.69) is 4.72 Å². The third-order valence-corrected chi connectivity index (χ3v) is 4.59. The molecule has 0 bridgehead atoms. The Hall–Kier alpha value is -1.47. The lowest BCUT2D eigenvalue weighted by molar-refractivity contribution is 0.182. The van der Waals surface area contributed by atoms with E-state index < -0.39 is 21.9 Å². The average Bonchev–Trinajstić information content (AvgIpc) is 2.48. The first-order valence-corrected chi connectivity index (χ1v) is 8.54. The molecule has 2 aromatic rings. The number of aliphatic hydroxyl groups excluding tert-OH is 1. The molecule has 0 heterocycles. The van der Waals surface area contributed by atoms with Crippen molar-refractivity contribution in [3.05, 3.63) is 70.5 Å². The highest BCUT2D eigenvalue weighted by Gasteiger charge is 2.15. The lowest BCUT2D eigenvalue weighted by Gasteiger charge is -2.13. The summed E-state index contributed by atoms with van der Waals surface area (Å²) in [5.74, 6) is -0.701. The molecular formula is C15H15ClFNO3S. The minimum absolute atomic E-state index is 0.148. The molecule has 2 rings (SSSR count). The Morgan fingerprint density at radius 1 is 1.09 bits per heavy atom. The Labute approximate surface area is 133 Å². The van der Waals surface area contributed by atoms with E-state index in [0.717, 1.165) is 0 Å². The van der Waals surface area contributed by atoms with E-state index in [1.165, 1.54) is 24.3 Å². The first kappa shape index (κ1) is 16.9. The lowest BCUT2D eigenvalue weighted by atomic mass is 10.1. The molecule has 2 N–H and O–H groups in total. The molecular weight excluding hydrogens is 329 g/mol. The molecule has 0 aliphatic heterocycles. The van der Waals surface area contributed by atoms with E-state index in [1.807, 2.05) is 0 Å². The maximum absolute atomic E-state index is 12.8. The molecule has 0 amide bonds. The van der Waals surface area contributed by atoms with Crippen molar-refractivity contribution in [2.45, 2.75) is 11.9 Å². The van der Waals surface area contributed by atoms with Crippen LogP contribution >= 0.6 is 11.6 Å². The fourth-order valence-electron chi connectivity index (χ4n) is 1.86. The summed E-state index contributed by atoms with van der Waals surface area (Å²) in [7, 11) is -3.62. The van der Waals surface area contributed by atoms with Crippen LogP contribution in [0.4, 0.5) is 4.39 Å². The molecule has 4 nitrogen and oxygen atoms in total. The number of sulfonamides is 1. The van der Waals surface area contributed by atoms with Crippen molar-refractivity contribution >= 4 is 21.6 Å². The Kier molecular flexibility index (Phi) is 5.52. The molecule has 0 aromatic heterocycles. The molecule has 0 fully saturated rings. The van der Waals surface area contributed by atoms with Crippen LogP contribution in [-0.2, 0) is 15.8 Å². The standard InChI is InChI=1S/C15H15ClFNO3S/c16-13-5-3-12(4-6-13)15(19)9-18-22(20,21)10-11-1-7-14(17)8-2-11/h1-8,15,18-19H,9-10H2. The van der Waals surface area contributed by atoms with Crippen LogP contribution in [0.1, 0.15) is 17.2 Å². The highest BCUT2D eigenvalue weighted by atomic mass is 35.5.